The SMILES string of the molecule is C=C(c1ccc2c(c1)CCc1cc(C(=O)N(C)C)ccc1C2(C[C@@H](C)NCC(=O)N1CCCC1C#N)c1nnc(-c2ccc(C)cc2)[nH]1)N(C)C. The van der Waals surface area contributed by atoms with Crippen molar-refractivity contribution in [2.45, 2.75) is 63.5 Å². The second-order valence-electron chi connectivity index (χ2n) is 14.4. The van der Waals surface area contributed by atoms with E-state index >= 15 is 0 Å². The fraction of sp³-hybridized carbons (Fsp3) is 0.390. The lowest BCUT2D eigenvalue weighted by atomic mass is 9.67. The van der Waals surface area contributed by atoms with Crippen molar-refractivity contribution in [3.05, 3.63) is 112 Å². The van der Waals surface area contributed by atoms with Gasteiger partial charge in [0.15, 0.2) is 5.82 Å². The number of aryl methyl sites for hydroxylation is 3. The third-order valence-corrected chi connectivity index (χ3v) is 10.5. The quantitative estimate of drug-likeness (QED) is 0.232. The van der Waals surface area contributed by atoms with Gasteiger partial charge in [-0.05, 0) is 92.0 Å². The number of fused-ring (bicyclic) bond motifs is 2. The number of carbonyl (C=O) groups is 2. The predicted molar refractivity (Wildman–Crippen MR) is 200 cm³/mol. The summed E-state index contributed by atoms with van der Waals surface area (Å²) in [5.74, 6) is 1.24. The van der Waals surface area contributed by atoms with Crippen LogP contribution >= 0.6 is 0 Å². The highest BCUT2D eigenvalue weighted by atomic mass is 16.2. The van der Waals surface area contributed by atoms with E-state index in [-0.39, 0.29) is 30.4 Å². The Labute approximate surface area is 301 Å². The molecule has 0 radical (unpaired) electrons. The predicted octanol–water partition coefficient (Wildman–Crippen LogP) is 5.33. The summed E-state index contributed by atoms with van der Waals surface area (Å²) in [5.41, 5.74) is 8.22. The van der Waals surface area contributed by atoms with Gasteiger partial charge in [0, 0.05) is 57.6 Å². The van der Waals surface area contributed by atoms with Crippen LogP contribution in [-0.4, -0.2) is 95.1 Å². The van der Waals surface area contributed by atoms with Crippen LogP contribution in [-0.2, 0) is 23.1 Å². The molecule has 0 bridgehead atoms. The van der Waals surface area contributed by atoms with E-state index in [1.54, 1.807) is 23.9 Å². The molecule has 1 fully saturated rings. The van der Waals surface area contributed by atoms with Crippen molar-refractivity contribution in [2.75, 3.05) is 41.3 Å². The van der Waals surface area contributed by atoms with Crippen molar-refractivity contribution in [1.82, 2.24) is 35.2 Å². The molecule has 51 heavy (non-hydrogen) atoms. The first kappa shape index (κ1) is 35.6. The molecule has 2 aliphatic rings. The van der Waals surface area contributed by atoms with Crippen LogP contribution in [0, 0.1) is 18.3 Å². The zero-order valence-electron chi connectivity index (χ0n) is 30.6. The van der Waals surface area contributed by atoms with Gasteiger partial charge in [0.2, 0.25) is 5.91 Å². The summed E-state index contributed by atoms with van der Waals surface area (Å²) in [6.45, 7) is 9.22. The second-order valence-corrected chi connectivity index (χ2v) is 14.4. The normalized spacial score (nSPS) is 18.6. The number of nitriles is 1. The largest absolute Gasteiger partial charge is 0.378 e. The molecular formula is C41H48N8O2. The van der Waals surface area contributed by atoms with E-state index in [4.69, 9.17) is 10.2 Å². The number of nitrogens with one attached hydrogen (secondary N) is 2. The van der Waals surface area contributed by atoms with E-state index in [9.17, 15) is 14.9 Å². The molecule has 2 amide bonds. The number of hydrogen-bond acceptors (Lipinski definition) is 7. The lowest BCUT2D eigenvalue weighted by Gasteiger charge is -2.37. The van der Waals surface area contributed by atoms with Crippen LogP contribution in [0.4, 0.5) is 0 Å². The minimum absolute atomic E-state index is 0.0535. The molecular weight excluding hydrogens is 637 g/mol. The van der Waals surface area contributed by atoms with Crippen molar-refractivity contribution in [1.29, 1.82) is 5.26 Å². The number of likely N-dealkylation sites (tertiary alicyclic amines) is 1. The molecule has 10 nitrogen and oxygen atoms in total. The van der Waals surface area contributed by atoms with Crippen LogP contribution in [0.5, 0.6) is 0 Å². The zero-order valence-corrected chi connectivity index (χ0v) is 30.6. The summed E-state index contributed by atoms with van der Waals surface area (Å²) in [7, 11) is 7.52. The highest BCUT2D eigenvalue weighted by molar-refractivity contribution is 5.94. The molecule has 1 aliphatic carbocycles. The number of rotatable bonds is 10. The molecule has 1 saturated heterocycles. The maximum absolute atomic E-state index is 13.3. The molecule has 6 rings (SSSR count). The van der Waals surface area contributed by atoms with E-state index in [0.717, 1.165) is 63.9 Å². The van der Waals surface area contributed by atoms with Crippen molar-refractivity contribution in [3.63, 3.8) is 0 Å². The van der Waals surface area contributed by atoms with E-state index in [2.05, 4.69) is 73.2 Å². The minimum atomic E-state index is -0.826. The van der Waals surface area contributed by atoms with Gasteiger partial charge in [-0.25, -0.2) is 0 Å². The van der Waals surface area contributed by atoms with Crippen LogP contribution in [0.15, 0.2) is 67.2 Å². The summed E-state index contributed by atoms with van der Waals surface area (Å²) in [6, 6.07) is 22.5. The van der Waals surface area contributed by atoms with Gasteiger partial charge >= 0.3 is 0 Å². The molecule has 3 aromatic carbocycles. The molecule has 2 N–H and O–H groups in total. The number of carbonyl (C=O) groups excluding carboxylic acids is 2. The Balaban J connectivity index is 1.51. The van der Waals surface area contributed by atoms with Gasteiger partial charge in [-0.15, -0.1) is 10.2 Å². The van der Waals surface area contributed by atoms with Gasteiger partial charge < -0.3 is 25.0 Å². The molecule has 0 spiro atoms. The molecule has 1 aromatic heterocycles. The Bertz CT molecular complexity index is 1920. The standard InChI is InChI=1S/C41H48N8O2/c1-26-10-12-29(13-11-26)38-44-40(46-45-38)41(23-27(2)43-25-37(50)49-20-8-9-34(49)24-42)35-18-16-30(28(3)47(4)5)21-31(35)14-15-32-22-33(17-19-36(32)41)39(51)48(6)7/h10-13,16-19,21-22,27,34,43H,3,8-9,14-15,20,23,25H2,1-2,4-7H3,(H,44,45,46)/t27-,34?,41?/m1/s1. The first-order valence-electron chi connectivity index (χ1n) is 17.7. The fourth-order valence-electron chi connectivity index (χ4n) is 7.64. The average Bonchev–Trinajstić information content (AvgIpc) is 3.80. The Kier molecular flexibility index (Phi) is 10.1. The summed E-state index contributed by atoms with van der Waals surface area (Å²) in [5, 5.41) is 22.7. The Hall–Kier alpha value is -5.27. The van der Waals surface area contributed by atoms with Crippen LogP contribution in [0.2, 0.25) is 0 Å². The van der Waals surface area contributed by atoms with Crippen molar-refractivity contribution in [2.24, 2.45) is 0 Å². The number of amides is 2. The third-order valence-electron chi connectivity index (χ3n) is 10.5. The van der Waals surface area contributed by atoms with Crippen molar-refractivity contribution < 1.29 is 9.59 Å². The Morgan fingerprint density at radius 1 is 1.00 bits per heavy atom. The van der Waals surface area contributed by atoms with Gasteiger partial charge in [-0.2, -0.15) is 5.26 Å². The average molecular weight is 685 g/mol. The molecule has 10 heteroatoms. The topological polar surface area (TPSA) is 121 Å². The third kappa shape index (κ3) is 6.91. The van der Waals surface area contributed by atoms with Crippen LogP contribution < -0.4 is 5.32 Å². The molecule has 2 heterocycles. The monoisotopic (exact) mass is 684 g/mol. The van der Waals surface area contributed by atoms with E-state index in [1.165, 1.54) is 0 Å². The summed E-state index contributed by atoms with van der Waals surface area (Å²) >= 11 is 0. The fourth-order valence-corrected chi connectivity index (χ4v) is 7.64. The minimum Gasteiger partial charge on any atom is -0.378 e. The maximum atomic E-state index is 13.3. The zero-order chi connectivity index (χ0) is 36.4. The number of aromatic nitrogens is 3. The van der Waals surface area contributed by atoms with Crippen molar-refractivity contribution >= 4 is 17.5 Å². The van der Waals surface area contributed by atoms with Gasteiger partial charge in [-0.1, -0.05) is 54.6 Å². The molecule has 2 unspecified atom stereocenters. The smallest absolute Gasteiger partial charge is 0.253 e. The Morgan fingerprint density at radius 3 is 2.27 bits per heavy atom. The number of hydrogen-bond donors (Lipinski definition) is 2. The maximum Gasteiger partial charge on any atom is 0.253 e. The second kappa shape index (κ2) is 14.5. The van der Waals surface area contributed by atoms with Gasteiger partial charge in [-0.3, -0.25) is 9.59 Å². The summed E-state index contributed by atoms with van der Waals surface area (Å²) in [6.07, 6.45) is 3.57. The van der Waals surface area contributed by atoms with E-state index in [0.29, 0.717) is 36.6 Å². The van der Waals surface area contributed by atoms with Gasteiger partial charge in [0.1, 0.15) is 11.9 Å². The number of benzene rings is 3. The summed E-state index contributed by atoms with van der Waals surface area (Å²) < 4.78 is 0. The number of aromatic amines is 1. The summed E-state index contributed by atoms with van der Waals surface area (Å²) in [4.78, 5) is 35.5. The van der Waals surface area contributed by atoms with Gasteiger partial charge in [0.25, 0.3) is 5.91 Å². The van der Waals surface area contributed by atoms with E-state index < -0.39 is 5.41 Å². The highest BCUT2D eigenvalue weighted by Crippen LogP contribution is 2.48. The first-order valence-corrected chi connectivity index (χ1v) is 17.7. The van der Waals surface area contributed by atoms with E-state index in [1.807, 2.05) is 43.3 Å². The molecule has 264 valence electrons. The molecule has 4 aromatic rings. The number of nitrogens with zero attached hydrogens (tertiary/aromatic N) is 6. The van der Waals surface area contributed by atoms with Crippen molar-refractivity contribution in [3.8, 4) is 17.5 Å². The van der Waals surface area contributed by atoms with Crippen LogP contribution in [0.1, 0.15) is 75.7 Å². The molecule has 3 atom stereocenters. The first-order chi connectivity index (χ1) is 24.4. The van der Waals surface area contributed by atoms with Crippen LogP contribution in [0.3, 0.4) is 0 Å². The van der Waals surface area contributed by atoms with Crippen LogP contribution in [0.25, 0.3) is 17.1 Å². The lowest BCUT2D eigenvalue weighted by Crippen LogP contribution is -2.45. The lowest BCUT2D eigenvalue weighted by molar-refractivity contribution is -0.130. The number of H-pyrrole nitrogens is 1. The van der Waals surface area contributed by atoms with Gasteiger partial charge in [0.05, 0.1) is 18.0 Å². The molecule has 0 saturated carbocycles. The highest BCUT2D eigenvalue weighted by Gasteiger charge is 2.45. The molecule has 1 aliphatic heterocycles. The Morgan fingerprint density at radius 2 is 1.65 bits per heavy atom.